The van der Waals surface area contributed by atoms with E-state index in [0.717, 1.165) is 5.56 Å². The number of amides is 1. The molecule has 1 aliphatic rings. The van der Waals surface area contributed by atoms with Gasteiger partial charge >= 0.3 is 0 Å². The first-order valence-electron chi connectivity index (χ1n) is 6.42. The minimum Gasteiger partial charge on any atom is -0.444 e. The smallest absolute Gasteiger partial charge is 0.275 e. The summed E-state index contributed by atoms with van der Waals surface area (Å²) in [5.41, 5.74) is 7.41. The zero-order valence-corrected chi connectivity index (χ0v) is 10.9. The van der Waals surface area contributed by atoms with Crippen LogP contribution in [0.3, 0.4) is 0 Å². The minimum absolute atomic E-state index is 0.132. The van der Waals surface area contributed by atoms with Gasteiger partial charge in [0.1, 0.15) is 6.26 Å². The fraction of sp³-hybridized carbons (Fsp3) is 0.286. The monoisotopic (exact) mass is 273 g/mol. The summed E-state index contributed by atoms with van der Waals surface area (Å²) in [6.07, 6.45) is 1.39. The van der Waals surface area contributed by atoms with Crippen molar-refractivity contribution in [3.8, 4) is 11.5 Å². The molecular formula is C14H15N3O3. The minimum atomic E-state index is -0.132. The Bertz CT molecular complexity index is 618. The van der Waals surface area contributed by atoms with E-state index in [2.05, 4.69) is 4.98 Å². The number of ether oxygens (including phenoxy) is 1. The number of aromatic nitrogens is 1. The Kier molecular flexibility index (Phi) is 3.39. The molecule has 104 valence electrons. The molecule has 0 bridgehead atoms. The van der Waals surface area contributed by atoms with E-state index in [1.54, 1.807) is 17.0 Å². The molecule has 20 heavy (non-hydrogen) atoms. The number of morpholine rings is 1. The van der Waals surface area contributed by atoms with Crippen LogP contribution >= 0.6 is 0 Å². The second-order valence-corrected chi connectivity index (χ2v) is 4.57. The standard InChI is InChI=1S/C14H15N3O3/c15-11-3-1-2-10(8-11)13-16-12(9-20-13)14(18)17-4-6-19-7-5-17/h1-3,8-9H,4-7,15H2. The Hall–Kier alpha value is -2.34. The first-order valence-corrected chi connectivity index (χ1v) is 6.42. The summed E-state index contributed by atoms with van der Waals surface area (Å²) in [5.74, 6) is 0.265. The fourth-order valence-corrected chi connectivity index (χ4v) is 2.10. The second kappa shape index (κ2) is 5.34. The van der Waals surface area contributed by atoms with Gasteiger partial charge in [-0.2, -0.15) is 0 Å². The lowest BCUT2D eigenvalue weighted by molar-refractivity contribution is 0.0299. The van der Waals surface area contributed by atoms with Crippen molar-refractivity contribution >= 4 is 11.6 Å². The second-order valence-electron chi connectivity index (χ2n) is 4.57. The molecule has 6 nitrogen and oxygen atoms in total. The van der Waals surface area contributed by atoms with Crippen molar-refractivity contribution in [2.75, 3.05) is 32.0 Å². The summed E-state index contributed by atoms with van der Waals surface area (Å²) >= 11 is 0. The number of nitrogens with two attached hydrogens (primary N) is 1. The summed E-state index contributed by atoms with van der Waals surface area (Å²) in [6.45, 7) is 2.29. The SMILES string of the molecule is Nc1cccc(-c2nc(C(=O)N3CCOCC3)co2)c1. The molecule has 2 aromatic rings. The lowest BCUT2D eigenvalue weighted by Crippen LogP contribution is -2.40. The number of oxazole rings is 1. The molecule has 3 rings (SSSR count). The number of carbonyl (C=O) groups excluding carboxylic acids is 1. The number of benzene rings is 1. The molecule has 0 aliphatic carbocycles. The molecule has 1 aliphatic heterocycles. The molecule has 1 aromatic heterocycles. The van der Waals surface area contributed by atoms with Gasteiger partial charge in [0.05, 0.1) is 13.2 Å². The number of anilines is 1. The largest absolute Gasteiger partial charge is 0.444 e. The van der Waals surface area contributed by atoms with Crippen molar-refractivity contribution in [2.45, 2.75) is 0 Å². The lowest BCUT2D eigenvalue weighted by atomic mass is 10.2. The molecule has 6 heteroatoms. The van der Waals surface area contributed by atoms with Gasteiger partial charge in [0.15, 0.2) is 5.69 Å². The van der Waals surface area contributed by atoms with Gasteiger partial charge in [-0.25, -0.2) is 4.98 Å². The lowest BCUT2D eigenvalue weighted by Gasteiger charge is -2.25. The molecule has 0 saturated carbocycles. The van der Waals surface area contributed by atoms with Crippen molar-refractivity contribution in [3.05, 3.63) is 36.2 Å². The topological polar surface area (TPSA) is 81.6 Å². The van der Waals surface area contributed by atoms with Crippen molar-refractivity contribution in [1.29, 1.82) is 0 Å². The van der Waals surface area contributed by atoms with Gasteiger partial charge in [0, 0.05) is 24.3 Å². The van der Waals surface area contributed by atoms with Crippen molar-refractivity contribution in [2.24, 2.45) is 0 Å². The van der Waals surface area contributed by atoms with Gasteiger partial charge in [0.2, 0.25) is 5.89 Å². The number of nitrogen functional groups attached to an aromatic ring is 1. The Labute approximate surface area is 116 Å². The van der Waals surface area contributed by atoms with Gasteiger partial charge in [-0.3, -0.25) is 4.79 Å². The molecule has 2 N–H and O–H groups in total. The number of hydrogen-bond acceptors (Lipinski definition) is 5. The molecular weight excluding hydrogens is 258 g/mol. The van der Waals surface area contributed by atoms with Gasteiger partial charge in [-0.15, -0.1) is 0 Å². The normalized spacial score (nSPS) is 15.3. The van der Waals surface area contributed by atoms with Crippen LogP contribution in [0.25, 0.3) is 11.5 Å². The molecule has 0 unspecified atom stereocenters. The maximum absolute atomic E-state index is 12.2. The Balaban J connectivity index is 1.81. The number of nitrogens with zero attached hydrogens (tertiary/aromatic N) is 2. The number of rotatable bonds is 2. The van der Waals surface area contributed by atoms with Crippen LogP contribution in [0, 0.1) is 0 Å². The molecule has 0 radical (unpaired) electrons. The highest BCUT2D eigenvalue weighted by atomic mass is 16.5. The van der Waals surface area contributed by atoms with Crippen LogP contribution in [0.2, 0.25) is 0 Å². The molecule has 1 fully saturated rings. The quantitative estimate of drug-likeness (QED) is 0.836. The third kappa shape index (κ3) is 2.50. The Morgan fingerprint density at radius 2 is 2.10 bits per heavy atom. The van der Waals surface area contributed by atoms with E-state index in [1.807, 2.05) is 12.1 Å². The van der Waals surface area contributed by atoms with E-state index in [9.17, 15) is 4.79 Å². The maximum Gasteiger partial charge on any atom is 0.275 e. The maximum atomic E-state index is 12.2. The zero-order valence-electron chi connectivity index (χ0n) is 10.9. The Morgan fingerprint density at radius 1 is 1.30 bits per heavy atom. The van der Waals surface area contributed by atoms with Gasteiger partial charge in [-0.1, -0.05) is 6.07 Å². The van der Waals surface area contributed by atoms with E-state index in [-0.39, 0.29) is 5.91 Å². The van der Waals surface area contributed by atoms with E-state index >= 15 is 0 Å². The van der Waals surface area contributed by atoms with E-state index in [4.69, 9.17) is 14.9 Å². The summed E-state index contributed by atoms with van der Waals surface area (Å²) in [4.78, 5) is 18.2. The summed E-state index contributed by atoms with van der Waals surface area (Å²) in [5, 5.41) is 0. The Morgan fingerprint density at radius 3 is 2.85 bits per heavy atom. The fourth-order valence-electron chi connectivity index (χ4n) is 2.10. The highest BCUT2D eigenvalue weighted by Gasteiger charge is 2.22. The van der Waals surface area contributed by atoms with Crippen LogP contribution in [-0.2, 0) is 4.74 Å². The highest BCUT2D eigenvalue weighted by Crippen LogP contribution is 2.21. The van der Waals surface area contributed by atoms with Crippen LogP contribution in [-0.4, -0.2) is 42.1 Å². The first-order chi connectivity index (χ1) is 9.74. The third-order valence-electron chi connectivity index (χ3n) is 3.16. The average Bonchev–Trinajstić information content (AvgIpc) is 2.97. The molecule has 1 saturated heterocycles. The van der Waals surface area contributed by atoms with Gasteiger partial charge in [0.25, 0.3) is 5.91 Å². The molecule has 2 heterocycles. The van der Waals surface area contributed by atoms with Crippen molar-refractivity contribution < 1.29 is 13.9 Å². The highest BCUT2D eigenvalue weighted by molar-refractivity contribution is 5.92. The summed E-state index contributed by atoms with van der Waals surface area (Å²) < 4.78 is 10.6. The zero-order chi connectivity index (χ0) is 13.9. The predicted octanol–water partition coefficient (Wildman–Crippen LogP) is 1.40. The van der Waals surface area contributed by atoms with Crippen LogP contribution in [0.5, 0.6) is 0 Å². The molecule has 0 atom stereocenters. The first kappa shape index (κ1) is 12.7. The molecule has 1 aromatic carbocycles. The van der Waals surface area contributed by atoms with Crippen LogP contribution < -0.4 is 5.73 Å². The van der Waals surface area contributed by atoms with Gasteiger partial charge < -0.3 is 19.8 Å². The van der Waals surface area contributed by atoms with E-state index in [0.29, 0.717) is 43.6 Å². The van der Waals surface area contributed by atoms with E-state index < -0.39 is 0 Å². The van der Waals surface area contributed by atoms with Crippen molar-refractivity contribution in [1.82, 2.24) is 9.88 Å². The van der Waals surface area contributed by atoms with Crippen LogP contribution in [0.4, 0.5) is 5.69 Å². The summed E-state index contributed by atoms with van der Waals surface area (Å²) in [7, 11) is 0. The molecule has 0 spiro atoms. The number of carbonyl (C=O) groups is 1. The predicted molar refractivity (Wildman–Crippen MR) is 73.1 cm³/mol. The number of hydrogen-bond donors (Lipinski definition) is 1. The summed E-state index contributed by atoms with van der Waals surface area (Å²) in [6, 6.07) is 7.20. The van der Waals surface area contributed by atoms with Crippen LogP contribution in [0.15, 0.2) is 34.9 Å². The van der Waals surface area contributed by atoms with E-state index in [1.165, 1.54) is 6.26 Å². The van der Waals surface area contributed by atoms with Crippen LogP contribution in [0.1, 0.15) is 10.5 Å². The molecule has 1 amide bonds. The van der Waals surface area contributed by atoms with Crippen molar-refractivity contribution in [3.63, 3.8) is 0 Å². The average molecular weight is 273 g/mol. The van der Waals surface area contributed by atoms with Gasteiger partial charge in [-0.05, 0) is 18.2 Å². The third-order valence-corrected chi connectivity index (χ3v) is 3.16.